The Bertz CT molecular complexity index is 943. The molecule has 0 saturated heterocycles. The summed E-state index contributed by atoms with van der Waals surface area (Å²) < 4.78 is 40.1. The first-order valence-corrected chi connectivity index (χ1v) is 8.15. The molecule has 1 aromatic heterocycles. The van der Waals surface area contributed by atoms with E-state index in [1.807, 2.05) is 0 Å². The summed E-state index contributed by atoms with van der Waals surface area (Å²) in [5.41, 5.74) is 0.755. The van der Waals surface area contributed by atoms with Gasteiger partial charge in [-0.25, -0.2) is 12.8 Å². The van der Waals surface area contributed by atoms with Gasteiger partial charge in [-0.05, 0) is 48.5 Å². The van der Waals surface area contributed by atoms with E-state index in [4.69, 9.17) is 11.6 Å². The van der Waals surface area contributed by atoms with Gasteiger partial charge in [0.1, 0.15) is 5.82 Å². The Morgan fingerprint density at radius 1 is 1.05 bits per heavy atom. The number of halogens is 2. The van der Waals surface area contributed by atoms with Crippen LogP contribution in [0.5, 0.6) is 0 Å². The number of aromatic nitrogens is 1. The number of sulfonamides is 1. The Hall–Kier alpha value is -2.18. The zero-order valence-corrected chi connectivity index (χ0v) is 12.7. The van der Waals surface area contributed by atoms with Crippen LogP contribution in [0, 0.1) is 5.82 Å². The van der Waals surface area contributed by atoms with E-state index in [0.29, 0.717) is 21.6 Å². The van der Waals surface area contributed by atoms with Gasteiger partial charge in [0.25, 0.3) is 10.0 Å². The average molecular weight is 337 g/mol. The zero-order valence-electron chi connectivity index (χ0n) is 11.1. The molecule has 0 radical (unpaired) electrons. The third-order valence-corrected chi connectivity index (χ3v) is 4.80. The number of anilines is 1. The molecule has 0 saturated carbocycles. The first-order valence-electron chi connectivity index (χ1n) is 6.29. The molecule has 0 spiro atoms. The van der Waals surface area contributed by atoms with E-state index in [2.05, 4.69) is 9.71 Å². The lowest BCUT2D eigenvalue weighted by atomic mass is 10.2. The second kappa shape index (κ2) is 5.55. The van der Waals surface area contributed by atoms with Gasteiger partial charge in [0.05, 0.1) is 21.1 Å². The molecular weight excluding hydrogens is 327 g/mol. The number of hydrogen-bond acceptors (Lipinski definition) is 3. The molecule has 0 unspecified atom stereocenters. The first kappa shape index (κ1) is 14.7. The Kier molecular flexibility index (Phi) is 3.72. The molecule has 0 amide bonds. The predicted molar refractivity (Wildman–Crippen MR) is 84.0 cm³/mol. The van der Waals surface area contributed by atoms with Crippen LogP contribution >= 0.6 is 11.6 Å². The molecule has 0 aliphatic heterocycles. The molecule has 0 bridgehead atoms. The third-order valence-electron chi connectivity index (χ3n) is 3.08. The van der Waals surface area contributed by atoms with Crippen LogP contribution in [0.3, 0.4) is 0 Å². The summed E-state index contributed by atoms with van der Waals surface area (Å²) in [6, 6.07) is 11.2. The fourth-order valence-electron chi connectivity index (χ4n) is 2.04. The van der Waals surface area contributed by atoms with Crippen molar-refractivity contribution in [1.29, 1.82) is 0 Å². The third kappa shape index (κ3) is 2.75. The minimum absolute atomic E-state index is 0.0343. The van der Waals surface area contributed by atoms with Crippen molar-refractivity contribution in [3.63, 3.8) is 0 Å². The van der Waals surface area contributed by atoms with Crippen LogP contribution in [0.4, 0.5) is 10.1 Å². The van der Waals surface area contributed by atoms with Gasteiger partial charge in [-0.3, -0.25) is 9.71 Å². The molecule has 0 fully saturated rings. The molecule has 3 rings (SSSR count). The van der Waals surface area contributed by atoms with Gasteiger partial charge >= 0.3 is 0 Å². The number of fused-ring (bicyclic) bond motifs is 1. The quantitative estimate of drug-likeness (QED) is 0.790. The van der Waals surface area contributed by atoms with Crippen LogP contribution in [0.1, 0.15) is 0 Å². The predicted octanol–water partition coefficient (Wildman–Crippen LogP) is 3.83. The van der Waals surface area contributed by atoms with Crippen molar-refractivity contribution in [3.05, 3.63) is 65.6 Å². The Labute approximate surface area is 131 Å². The molecule has 0 atom stereocenters. The highest BCUT2D eigenvalue weighted by atomic mass is 35.5. The Morgan fingerprint density at radius 3 is 2.50 bits per heavy atom. The Morgan fingerprint density at radius 2 is 1.77 bits per heavy atom. The van der Waals surface area contributed by atoms with E-state index >= 15 is 0 Å². The van der Waals surface area contributed by atoms with E-state index in [9.17, 15) is 12.8 Å². The van der Waals surface area contributed by atoms with Crippen LogP contribution in [0.15, 0.2) is 59.6 Å². The van der Waals surface area contributed by atoms with Gasteiger partial charge in [-0.15, -0.1) is 0 Å². The van der Waals surface area contributed by atoms with E-state index in [0.717, 1.165) is 12.1 Å². The largest absolute Gasteiger partial charge is 0.277 e. The van der Waals surface area contributed by atoms with E-state index in [1.54, 1.807) is 30.5 Å². The summed E-state index contributed by atoms with van der Waals surface area (Å²) in [7, 11) is -3.83. The van der Waals surface area contributed by atoms with Gasteiger partial charge in [0.2, 0.25) is 0 Å². The van der Waals surface area contributed by atoms with Crippen molar-refractivity contribution in [3.8, 4) is 0 Å². The maximum absolute atomic E-state index is 12.9. The van der Waals surface area contributed by atoms with Crippen LogP contribution < -0.4 is 4.72 Å². The van der Waals surface area contributed by atoms with Gasteiger partial charge in [-0.1, -0.05) is 11.6 Å². The molecular formula is C15H10ClFN2O2S. The van der Waals surface area contributed by atoms with Gasteiger partial charge in [0, 0.05) is 11.6 Å². The molecule has 7 heteroatoms. The van der Waals surface area contributed by atoms with E-state index in [1.165, 1.54) is 12.1 Å². The molecule has 3 aromatic rings. The first-order chi connectivity index (χ1) is 10.5. The second-order valence-electron chi connectivity index (χ2n) is 4.55. The zero-order chi connectivity index (χ0) is 15.7. The number of hydrogen-bond donors (Lipinski definition) is 1. The average Bonchev–Trinajstić information content (AvgIpc) is 2.51. The summed E-state index contributed by atoms with van der Waals surface area (Å²) in [4.78, 5) is 4.13. The minimum atomic E-state index is -3.83. The highest BCUT2D eigenvalue weighted by Gasteiger charge is 2.16. The normalized spacial score (nSPS) is 11.5. The molecule has 1 N–H and O–H groups in total. The Balaban J connectivity index is 2.06. The second-order valence-corrected chi connectivity index (χ2v) is 6.64. The highest BCUT2D eigenvalue weighted by molar-refractivity contribution is 7.92. The van der Waals surface area contributed by atoms with E-state index in [-0.39, 0.29) is 4.90 Å². The topological polar surface area (TPSA) is 59.1 Å². The van der Waals surface area contributed by atoms with Gasteiger partial charge in [-0.2, -0.15) is 0 Å². The monoisotopic (exact) mass is 336 g/mol. The van der Waals surface area contributed by atoms with Gasteiger partial charge in [0.15, 0.2) is 0 Å². The lowest BCUT2D eigenvalue weighted by Gasteiger charge is -2.11. The SMILES string of the molecule is O=S(=O)(Nc1ccc(Cl)c2cccnc12)c1ccc(F)cc1. The lowest BCUT2D eigenvalue weighted by Crippen LogP contribution is -2.13. The van der Waals surface area contributed by atoms with Crippen molar-refractivity contribution in [2.75, 3.05) is 4.72 Å². The summed E-state index contributed by atoms with van der Waals surface area (Å²) in [6.45, 7) is 0. The summed E-state index contributed by atoms with van der Waals surface area (Å²) in [5.74, 6) is -0.502. The fourth-order valence-corrected chi connectivity index (χ4v) is 3.32. The van der Waals surface area contributed by atoms with Crippen LogP contribution in [-0.2, 0) is 10.0 Å². The fraction of sp³-hybridized carbons (Fsp3) is 0. The summed E-state index contributed by atoms with van der Waals surface area (Å²) in [5, 5.41) is 1.12. The van der Waals surface area contributed by atoms with Crippen molar-refractivity contribution in [1.82, 2.24) is 4.98 Å². The summed E-state index contributed by atoms with van der Waals surface area (Å²) >= 11 is 6.08. The number of benzene rings is 2. The number of rotatable bonds is 3. The van der Waals surface area contributed by atoms with Crippen LogP contribution in [-0.4, -0.2) is 13.4 Å². The van der Waals surface area contributed by atoms with Crippen LogP contribution in [0.25, 0.3) is 10.9 Å². The van der Waals surface area contributed by atoms with Crippen molar-refractivity contribution in [2.45, 2.75) is 4.90 Å². The number of nitrogens with one attached hydrogen (secondary N) is 1. The molecule has 0 aliphatic carbocycles. The van der Waals surface area contributed by atoms with Crippen molar-refractivity contribution >= 4 is 38.2 Å². The van der Waals surface area contributed by atoms with Crippen molar-refractivity contribution < 1.29 is 12.8 Å². The van der Waals surface area contributed by atoms with Gasteiger partial charge < -0.3 is 0 Å². The molecule has 0 aliphatic rings. The molecule has 1 heterocycles. The molecule has 2 aromatic carbocycles. The summed E-state index contributed by atoms with van der Waals surface area (Å²) in [6.07, 6.45) is 1.55. The van der Waals surface area contributed by atoms with E-state index < -0.39 is 15.8 Å². The smallest absolute Gasteiger partial charge is 0.261 e. The standard InChI is InChI=1S/C15H10ClFN2O2S/c16-13-7-8-14(15-12(13)2-1-9-18-15)19-22(20,21)11-5-3-10(17)4-6-11/h1-9,19H. The number of pyridine rings is 1. The maximum Gasteiger partial charge on any atom is 0.261 e. The minimum Gasteiger partial charge on any atom is -0.277 e. The van der Waals surface area contributed by atoms with Crippen molar-refractivity contribution in [2.24, 2.45) is 0 Å². The highest BCUT2D eigenvalue weighted by Crippen LogP contribution is 2.29. The number of nitrogens with zero attached hydrogens (tertiary/aromatic N) is 1. The molecule has 22 heavy (non-hydrogen) atoms. The van der Waals surface area contributed by atoms with Crippen LogP contribution in [0.2, 0.25) is 5.02 Å². The maximum atomic E-state index is 12.9. The molecule has 4 nitrogen and oxygen atoms in total. The lowest BCUT2D eigenvalue weighted by molar-refractivity contribution is 0.599. The molecule has 112 valence electrons.